The van der Waals surface area contributed by atoms with Crippen LogP contribution in [0.5, 0.6) is 11.5 Å². The molecule has 1 N–H and O–H groups in total. The van der Waals surface area contributed by atoms with E-state index < -0.39 is 11.8 Å². The number of hydrogen-bond donors (Lipinski definition) is 1. The molecule has 0 aliphatic carbocycles. The number of methoxy groups -OCH3 is 2. The molecule has 3 aromatic rings. The van der Waals surface area contributed by atoms with E-state index in [1.54, 1.807) is 60.4 Å². The third-order valence-corrected chi connectivity index (χ3v) is 6.34. The summed E-state index contributed by atoms with van der Waals surface area (Å²) in [5.41, 5.74) is 2.77. The smallest absolute Gasteiger partial charge is 0.343 e. The molecule has 0 spiro atoms. The van der Waals surface area contributed by atoms with Gasteiger partial charge in [0.25, 0.3) is 5.91 Å². The molecule has 0 saturated carbocycles. The molecule has 0 unspecified atom stereocenters. The van der Waals surface area contributed by atoms with E-state index in [1.807, 2.05) is 30.3 Å². The molecule has 38 heavy (non-hydrogen) atoms. The lowest BCUT2D eigenvalue weighted by atomic mass is 10.1. The monoisotopic (exact) mass is 576 g/mol. The van der Waals surface area contributed by atoms with Crippen LogP contribution in [0.2, 0.25) is 0 Å². The van der Waals surface area contributed by atoms with Crippen LogP contribution in [-0.4, -0.2) is 38.5 Å². The molecule has 0 bridgehead atoms. The molecule has 4 rings (SSSR count). The van der Waals surface area contributed by atoms with Gasteiger partial charge in [-0.2, -0.15) is 0 Å². The first-order valence-electron chi connectivity index (χ1n) is 11.6. The molecule has 194 valence electrons. The highest BCUT2D eigenvalue weighted by molar-refractivity contribution is 9.10. The van der Waals surface area contributed by atoms with Crippen LogP contribution in [0.15, 0.2) is 94.2 Å². The van der Waals surface area contributed by atoms with Crippen molar-refractivity contribution in [1.82, 2.24) is 0 Å². The van der Waals surface area contributed by atoms with Crippen molar-refractivity contribution in [3.63, 3.8) is 0 Å². The number of benzene rings is 3. The van der Waals surface area contributed by atoms with Crippen molar-refractivity contribution in [2.75, 3.05) is 31.0 Å². The van der Waals surface area contributed by atoms with Gasteiger partial charge < -0.3 is 24.4 Å². The highest BCUT2D eigenvalue weighted by Gasteiger charge is 2.38. The number of carbonyl (C=O) groups is 3. The minimum Gasteiger partial charge on any atom is -0.495 e. The summed E-state index contributed by atoms with van der Waals surface area (Å²) in [6.07, 6.45) is 1.70. The molecule has 0 saturated heterocycles. The summed E-state index contributed by atoms with van der Waals surface area (Å²) in [7, 11) is 2.78. The zero-order valence-corrected chi connectivity index (χ0v) is 22.6. The average molecular weight is 577 g/mol. The Morgan fingerprint density at radius 2 is 1.66 bits per heavy atom. The molecular weight excluding hydrogens is 552 g/mol. The second-order valence-electron chi connectivity index (χ2n) is 8.23. The van der Waals surface area contributed by atoms with Gasteiger partial charge in [-0.1, -0.05) is 40.2 Å². The second-order valence-corrected chi connectivity index (χ2v) is 9.14. The minimum absolute atomic E-state index is 0.0114. The van der Waals surface area contributed by atoms with Gasteiger partial charge >= 0.3 is 5.97 Å². The predicted molar refractivity (Wildman–Crippen MR) is 148 cm³/mol. The minimum atomic E-state index is -0.687. The SMILES string of the molecule is COC(=O)C1=C(C)N(c2ccc(Br)cc2)/C(=C\c2ccc(OCC(=O)Nc3ccccc3OC)cc2)C1=O. The van der Waals surface area contributed by atoms with Crippen LogP contribution in [0.1, 0.15) is 12.5 Å². The molecule has 0 aromatic heterocycles. The number of esters is 1. The summed E-state index contributed by atoms with van der Waals surface area (Å²) in [6.45, 7) is 1.51. The number of anilines is 2. The lowest BCUT2D eigenvalue weighted by molar-refractivity contribution is -0.137. The number of halogens is 1. The summed E-state index contributed by atoms with van der Waals surface area (Å²) < 4.78 is 16.6. The molecule has 1 aliphatic rings. The van der Waals surface area contributed by atoms with E-state index in [1.165, 1.54) is 14.2 Å². The van der Waals surface area contributed by atoms with Crippen molar-refractivity contribution in [2.45, 2.75) is 6.92 Å². The fourth-order valence-corrected chi connectivity index (χ4v) is 4.25. The number of nitrogens with one attached hydrogen (secondary N) is 1. The molecule has 1 aliphatic heterocycles. The van der Waals surface area contributed by atoms with Crippen molar-refractivity contribution in [1.29, 1.82) is 0 Å². The molecule has 0 atom stereocenters. The first-order chi connectivity index (χ1) is 18.3. The average Bonchev–Trinajstić information content (AvgIpc) is 3.17. The van der Waals surface area contributed by atoms with Gasteiger partial charge in [-0.3, -0.25) is 9.59 Å². The Labute approximate surface area is 228 Å². The zero-order valence-electron chi connectivity index (χ0n) is 21.0. The molecule has 9 heteroatoms. The number of rotatable bonds is 8. The van der Waals surface area contributed by atoms with Crippen LogP contribution >= 0.6 is 15.9 Å². The number of ketones is 1. The highest BCUT2D eigenvalue weighted by Crippen LogP contribution is 2.36. The maximum Gasteiger partial charge on any atom is 0.343 e. The van der Waals surface area contributed by atoms with Crippen LogP contribution < -0.4 is 19.7 Å². The lowest BCUT2D eigenvalue weighted by Crippen LogP contribution is -2.20. The number of allylic oxidation sites excluding steroid dienone is 2. The summed E-state index contributed by atoms with van der Waals surface area (Å²) in [5.74, 6) is -0.413. The van der Waals surface area contributed by atoms with Crippen LogP contribution in [0.3, 0.4) is 0 Å². The van der Waals surface area contributed by atoms with Crippen LogP contribution in [0, 0.1) is 0 Å². The summed E-state index contributed by atoms with van der Waals surface area (Å²) in [6, 6.07) is 21.4. The predicted octanol–water partition coefficient (Wildman–Crippen LogP) is 5.35. The van der Waals surface area contributed by atoms with Gasteiger partial charge in [0.05, 0.1) is 25.6 Å². The van der Waals surface area contributed by atoms with Crippen molar-refractivity contribution in [2.24, 2.45) is 0 Å². The third-order valence-electron chi connectivity index (χ3n) is 5.81. The number of hydrogen-bond acceptors (Lipinski definition) is 7. The van der Waals surface area contributed by atoms with Gasteiger partial charge in [0.2, 0.25) is 5.78 Å². The second kappa shape index (κ2) is 11.8. The maximum absolute atomic E-state index is 13.3. The molecular formula is C29H25BrN2O6. The molecule has 1 amide bonds. The summed E-state index contributed by atoms with van der Waals surface area (Å²) >= 11 is 3.42. The van der Waals surface area contributed by atoms with Gasteiger partial charge in [0.15, 0.2) is 6.61 Å². The van der Waals surface area contributed by atoms with Crippen LogP contribution in [0.4, 0.5) is 11.4 Å². The topological polar surface area (TPSA) is 94.2 Å². The summed E-state index contributed by atoms with van der Waals surface area (Å²) in [5, 5.41) is 2.76. The summed E-state index contributed by atoms with van der Waals surface area (Å²) in [4.78, 5) is 39.7. The number of carbonyl (C=O) groups excluding carboxylic acids is 3. The first kappa shape index (κ1) is 26.7. The Morgan fingerprint density at radius 1 is 0.974 bits per heavy atom. The normalized spacial score (nSPS) is 14.1. The van der Waals surface area contributed by atoms with Gasteiger partial charge in [-0.05, 0) is 67.1 Å². The van der Waals surface area contributed by atoms with E-state index in [2.05, 4.69) is 21.2 Å². The number of ether oxygens (including phenoxy) is 3. The standard InChI is InChI=1S/C29H25BrN2O6/c1-18-27(29(35)37-3)28(34)24(32(18)21-12-10-20(30)11-13-21)16-19-8-14-22(15-9-19)38-17-26(33)31-23-6-4-5-7-25(23)36-2/h4-16H,17H2,1-3H3,(H,31,33)/b24-16-. The van der Waals surface area contributed by atoms with Crippen molar-refractivity contribution in [3.05, 3.63) is 99.8 Å². The fraction of sp³-hybridized carbons (Fsp3) is 0.138. The Bertz CT molecular complexity index is 1430. The Balaban J connectivity index is 1.51. The fourth-order valence-electron chi connectivity index (χ4n) is 3.98. The van der Waals surface area contributed by atoms with Crippen molar-refractivity contribution < 1.29 is 28.6 Å². The zero-order chi connectivity index (χ0) is 27.2. The highest BCUT2D eigenvalue weighted by atomic mass is 79.9. The number of amides is 1. The number of para-hydroxylation sites is 2. The molecule has 8 nitrogen and oxygen atoms in total. The Kier molecular flexibility index (Phi) is 8.28. The molecule has 3 aromatic carbocycles. The third kappa shape index (κ3) is 5.78. The van der Waals surface area contributed by atoms with E-state index in [4.69, 9.17) is 14.2 Å². The van der Waals surface area contributed by atoms with E-state index in [0.29, 0.717) is 34.1 Å². The Morgan fingerprint density at radius 3 is 2.32 bits per heavy atom. The van der Waals surface area contributed by atoms with Crippen LogP contribution in [0.25, 0.3) is 6.08 Å². The molecule has 0 fully saturated rings. The van der Waals surface area contributed by atoms with E-state index in [-0.39, 0.29) is 18.1 Å². The van der Waals surface area contributed by atoms with E-state index >= 15 is 0 Å². The quantitative estimate of drug-likeness (QED) is 0.219. The largest absolute Gasteiger partial charge is 0.495 e. The Hall–Kier alpha value is -4.37. The van der Waals surface area contributed by atoms with E-state index in [9.17, 15) is 14.4 Å². The van der Waals surface area contributed by atoms with Crippen molar-refractivity contribution in [3.8, 4) is 11.5 Å². The first-order valence-corrected chi connectivity index (χ1v) is 12.4. The molecule has 1 heterocycles. The molecule has 0 radical (unpaired) electrons. The maximum atomic E-state index is 13.3. The number of Topliss-reactive ketones (excluding diaryl/α,β-unsaturated/α-hetero) is 1. The van der Waals surface area contributed by atoms with Gasteiger partial charge in [-0.15, -0.1) is 0 Å². The van der Waals surface area contributed by atoms with Gasteiger partial charge in [-0.25, -0.2) is 4.79 Å². The van der Waals surface area contributed by atoms with Crippen LogP contribution in [-0.2, 0) is 19.1 Å². The van der Waals surface area contributed by atoms with E-state index in [0.717, 1.165) is 10.2 Å². The van der Waals surface area contributed by atoms with Gasteiger partial charge in [0.1, 0.15) is 17.1 Å². The van der Waals surface area contributed by atoms with Crippen molar-refractivity contribution >= 4 is 51.0 Å². The van der Waals surface area contributed by atoms with Gasteiger partial charge in [0, 0.05) is 15.9 Å². The lowest BCUT2D eigenvalue weighted by Gasteiger charge is -2.21. The number of nitrogens with zero attached hydrogens (tertiary/aromatic N) is 1.